The van der Waals surface area contributed by atoms with Gasteiger partial charge in [0.05, 0.1) is 36.5 Å². The van der Waals surface area contributed by atoms with E-state index in [1.807, 2.05) is 48.7 Å². The molecule has 0 saturated carbocycles. The van der Waals surface area contributed by atoms with Crippen molar-refractivity contribution in [2.45, 2.75) is 12.2 Å². The van der Waals surface area contributed by atoms with Crippen molar-refractivity contribution in [3.05, 3.63) is 96.8 Å². The van der Waals surface area contributed by atoms with Gasteiger partial charge in [0.25, 0.3) is 0 Å². The summed E-state index contributed by atoms with van der Waals surface area (Å²) in [6.07, 6.45) is 0.457. The number of ether oxygens (including phenoxy) is 1. The minimum absolute atomic E-state index is 0.0559. The largest absolute Gasteiger partial charge is 0.468 e. The number of benzene rings is 2. The number of rotatable bonds is 7. The predicted octanol–water partition coefficient (Wildman–Crippen LogP) is 6.18. The zero-order valence-electron chi connectivity index (χ0n) is 20.9. The van der Waals surface area contributed by atoms with E-state index in [1.54, 1.807) is 16.9 Å². The highest BCUT2D eigenvalue weighted by Crippen LogP contribution is 2.37. The molecule has 1 fully saturated rings. The van der Waals surface area contributed by atoms with Crippen LogP contribution in [0.5, 0.6) is 0 Å². The molecule has 10 heteroatoms. The van der Waals surface area contributed by atoms with E-state index in [0.717, 1.165) is 47.5 Å². The number of nitrogens with zero attached hydrogens (tertiary/aromatic N) is 4. The molecule has 4 heterocycles. The van der Waals surface area contributed by atoms with Crippen LogP contribution >= 0.6 is 0 Å². The van der Waals surface area contributed by atoms with Crippen molar-refractivity contribution in [2.75, 3.05) is 38.2 Å². The van der Waals surface area contributed by atoms with Crippen molar-refractivity contribution < 1.29 is 22.3 Å². The van der Waals surface area contributed by atoms with E-state index in [0.29, 0.717) is 36.9 Å². The fraction of sp³-hybridized carbons (Fsp3) is 0.241. The van der Waals surface area contributed by atoms with Gasteiger partial charge in [0.15, 0.2) is 5.65 Å². The first-order valence-corrected chi connectivity index (χ1v) is 12.7. The molecule has 0 amide bonds. The number of hydrogen-bond donors (Lipinski definition) is 1. The third-order valence-corrected chi connectivity index (χ3v) is 6.94. The molecule has 1 aliphatic heterocycles. The SMILES string of the molecule is FC(F)(F)c1cccc(-n2cc(-c3ccccc3)c3c(NC[C@@H](c4ccco4)N4CCOCC4)ncnc32)c1. The van der Waals surface area contributed by atoms with Crippen LogP contribution in [-0.4, -0.2) is 52.3 Å². The summed E-state index contributed by atoms with van der Waals surface area (Å²) in [5.74, 6) is 1.42. The Morgan fingerprint density at radius 3 is 2.51 bits per heavy atom. The molecular formula is C29H26F3N5O2. The van der Waals surface area contributed by atoms with Crippen LogP contribution in [0, 0.1) is 0 Å². The Balaban J connectivity index is 1.43. The maximum atomic E-state index is 13.5. The molecule has 0 radical (unpaired) electrons. The molecule has 0 bridgehead atoms. The van der Waals surface area contributed by atoms with E-state index in [4.69, 9.17) is 9.15 Å². The Morgan fingerprint density at radius 2 is 1.77 bits per heavy atom. The van der Waals surface area contributed by atoms with E-state index in [9.17, 15) is 13.2 Å². The maximum Gasteiger partial charge on any atom is 0.416 e. The molecule has 3 aromatic heterocycles. The number of furan rings is 1. The Kier molecular flexibility index (Phi) is 6.80. The van der Waals surface area contributed by atoms with Crippen molar-refractivity contribution in [2.24, 2.45) is 0 Å². The second kappa shape index (κ2) is 10.5. The third-order valence-electron chi connectivity index (χ3n) is 6.94. The molecule has 2 aromatic carbocycles. The maximum absolute atomic E-state index is 13.5. The summed E-state index contributed by atoms with van der Waals surface area (Å²) in [6.45, 7) is 3.34. The molecule has 1 saturated heterocycles. The number of nitrogens with one attached hydrogen (secondary N) is 1. The van der Waals surface area contributed by atoms with Crippen molar-refractivity contribution in [3.63, 3.8) is 0 Å². The molecule has 0 aliphatic carbocycles. The van der Waals surface area contributed by atoms with Gasteiger partial charge in [-0.25, -0.2) is 9.97 Å². The second-order valence-corrected chi connectivity index (χ2v) is 9.31. The van der Waals surface area contributed by atoms with E-state index >= 15 is 0 Å². The average molecular weight is 534 g/mol. The number of alkyl halides is 3. The van der Waals surface area contributed by atoms with Gasteiger partial charge >= 0.3 is 6.18 Å². The number of morpholine rings is 1. The standard InChI is InChI=1S/C29H26F3N5O2/c30-29(31,32)21-8-4-9-22(16-21)37-18-23(20-6-2-1-3-7-20)26-27(34-19-35-28(26)37)33-17-24(25-10-5-13-39-25)36-11-14-38-15-12-36/h1-10,13,16,18-19,24H,11-12,14-15,17H2,(H,33,34,35)/t24-/m0/s1. The van der Waals surface area contributed by atoms with E-state index in [1.165, 1.54) is 12.4 Å². The van der Waals surface area contributed by atoms with Crippen molar-refractivity contribution in [1.29, 1.82) is 0 Å². The molecule has 1 aliphatic rings. The monoisotopic (exact) mass is 533 g/mol. The predicted molar refractivity (Wildman–Crippen MR) is 142 cm³/mol. The number of anilines is 1. The minimum Gasteiger partial charge on any atom is -0.468 e. The quantitative estimate of drug-likeness (QED) is 0.269. The molecule has 0 unspecified atom stereocenters. The molecule has 0 spiro atoms. The summed E-state index contributed by atoms with van der Waals surface area (Å²) in [4.78, 5) is 11.4. The zero-order chi connectivity index (χ0) is 26.8. The van der Waals surface area contributed by atoms with Gasteiger partial charge in [-0.05, 0) is 35.9 Å². The molecule has 39 heavy (non-hydrogen) atoms. The highest BCUT2D eigenvalue weighted by Gasteiger charge is 2.31. The van der Waals surface area contributed by atoms with Gasteiger partial charge in [0, 0.05) is 37.1 Å². The lowest BCUT2D eigenvalue weighted by molar-refractivity contribution is -0.137. The summed E-state index contributed by atoms with van der Waals surface area (Å²) in [5, 5.41) is 4.22. The lowest BCUT2D eigenvalue weighted by Gasteiger charge is -2.33. The highest BCUT2D eigenvalue weighted by atomic mass is 19.4. The van der Waals surface area contributed by atoms with Gasteiger partial charge in [-0.1, -0.05) is 36.4 Å². The normalized spacial score (nSPS) is 15.5. The first-order valence-electron chi connectivity index (χ1n) is 12.7. The van der Waals surface area contributed by atoms with Crippen LogP contribution in [0.4, 0.5) is 19.0 Å². The minimum atomic E-state index is -4.46. The van der Waals surface area contributed by atoms with Gasteiger partial charge in [0.1, 0.15) is 17.9 Å². The van der Waals surface area contributed by atoms with Gasteiger partial charge in [0.2, 0.25) is 0 Å². The average Bonchev–Trinajstić information content (AvgIpc) is 3.63. The zero-order valence-corrected chi connectivity index (χ0v) is 20.9. The lowest BCUT2D eigenvalue weighted by atomic mass is 10.1. The topological polar surface area (TPSA) is 68.4 Å². The smallest absolute Gasteiger partial charge is 0.416 e. The van der Waals surface area contributed by atoms with E-state index < -0.39 is 11.7 Å². The van der Waals surface area contributed by atoms with Gasteiger partial charge < -0.3 is 19.0 Å². The summed E-state index contributed by atoms with van der Waals surface area (Å²) in [7, 11) is 0. The number of halogens is 3. The molecule has 5 aromatic rings. The molecule has 7 nitrogen and oxygen atoms in total. The first kappa shape index (κ1) is 25.1. The van der Waals surface area contributed by atoms with Crippen LogP contribution in [0.25, 0.3) is 27.8 Å². The number of aromatic nitrogens is 3. The molecule has 1 atom stereocenters. The Morgan fingerprint density at radius 1 is 0.949 bits per heavy atom. The second-order valence-electron chi connectivity index (χ2n) is 9.31. The van der Waals surface area contributed by atoms with Gasteiger partial charge in [-0.15, -0.1) is 0 Å². The number of fused-ring (bicyclic) bond motifs is 1. The fourth-order valence-corrected chi connectivity index (χ4v) is 5.03. The van der Waals surface area contributed by atoms with Crippen molar-refractivity contribution >= 4 is 16.9 Å². The molecule has 200 valence electrons. The molecule has 1 N–H and O–H groups in total. The molecule has 6 rings (SSSR count). The van der Waals surface area contributed by atoms with E-state index in [2.05, 4.69) is 20.2 Å². The number of hydrogen-bond acceptors (Lipinski definition) is 6. The fourth-order valence-electron chi connectivity index (χ4n) is 5.03. The van der Waals surface area contributed by atoms with Crippen LogP contribution in [-0.2, 0) is 10.9 Å². The van der Waals surface area contributed by atoms with Gasteiger partial charge in [-0.2, -0.15) is 13.2 Å². The van der Waals surface area contributed by atoms with Crippen LogP contribution in [0.15, 0.2) is 89.9 Å². The van der Waals surface area contributed by atoms with Crippen molar-refractivity contribution in [3.8, 4) is 16.8 Å². The Hall–Kier alpha value is -4.15. The summed E-state index contributed by atoms with van der Waals surface area (Å²) >= 11 is 0. The first-order chi connectivity index (χ1) is 19.0. The third kappa shape index (κ3) is 5.13. The van der Waals surface area contributed by atoms with Crippen molar-refractivity contribution in [1.82, 2.24) is 19.4 Å². The van der Waals surface area contributed by atoms with Crippen LogP contribution in [0.1, 0.15) is 17.4 Å². The highest BCUT2D eigenvalue weighted by molar-refractivity contribution is 6.02. The Bertz CT molecular complexity index is 1540. The van der Waals surface area contributed by atoms with Crippen LogP contribution < -0.4 is 5.32 Å². The summed E-state index contributed by atoms with van der Waals surface area (Å²) in [5.41, 5.74) is 1.87. The van der Waals surface area contributed by atoms with E-state index in [-0.39, 0.29) is 6.04 Å². The van der Waals surface area contributed by atoms with Crippen LogP contribution in [0.2, 0.25) is 0 Å². The molecular weight excluding hydrogens is 507 g/mol. The Labute approximate surface area is 222 Å². The van der Waals surface area contributed by atoms with Gasteiger partial charge in [-0.3, -0.25) is 4.90 Å². The summed E-state index contributed by atoms with van der Waals surface area (Å²) in [6, 6.07) is 18.7. The van der Waals surface area contributed by atoms with Crippen LogP contribution in [0.3, 0.4) is 0 Å². The summed E-state index contributed by atoms with van der Waals surface area (Å²) < 4.78 is 53.5. The lowest BCUT2D eigenvalue weighted by Crippen LogP contribution is -2.41.